The smallest absolute Gasteiger partial charge is 0.240 e. The largest absolute Gasteiger partial charge is 0.397 e. The standard InChI is InChI=1S/C11H15ClN2O3S/c12-10-2-1-9(7-11(10)13)18(15,16)14-8-3-5-17-6-4-8/h1-2,7-8,14H,3-6,13H2. The summed E-state index contributed by atoms with van der Waals surface area (Å²) < 4.78 is 32.1. The van der Waals surface area contributed by atoms with Crippen molar-refractivity contribution in [1.29, 1.82) is 0 Å². The Labute approximate surface area is 111 Å². The predicted octanol–water partition coefficient (Wildman–Crippen LogP) is 1.38. The van der Waals surface area contributed by atoms with Crippen molar-refractivity contribution in [3.05, 3.63) is 23.2 Å². The molecule has 7 heteroatoms. The highest BCUT2D eigenvalue weighted by Crippen LogP contribution is 2.22. The van der Waals surface area contributed by atoms with E-state index in [4.69, 9.17) is 22.1 Å². The van der Waals surface area contributed by atoms with Gasteiger partial charge in [-0.2, -0.15) is 0 Å². The molecule has 0 aromatic heterocycles. The molecule has 1 aromatic carbocycles. The van der Waals surface area contributed by atoms with Crippen molar-refractivity contribution in [1.82, 2.24) is 4.72 Å². The molecule has 1 fully saturated rings. The van der Waals surface area contributed by atoms with Crippen LogP contribution < -0.4 is 10.5 Å². The lowest BCUT2D eigenvalue weighted by Gasteiger charge is -2.23. The van der Waals surface area contributed by atoms with Crippen molar-refractivity contribution >= 4 is 27.3 Å². The quantitative estimate of drug-likeness (QED) is 0.824. The van der Waals surface area contributed by atoms with E-state index in [1.165, 1.54) is 18.2 Å². The zero-order valence-corrected chi connectivity index (χ0v) is 11.3. The fourth-order valence-corrected chi connectivity index (χ4v) is 3.25. The van der Waals surface area contributed by atoms with Crippen molar-refractivity contribution in [3.63, 3.8) is 0 Å². The first-order valence-corrected chi connectivity index (χ1v) is 7.50. The van der Waals surface area contributed by atoms with Crippen molar-refractivity contribution < 1.29 is 13.2 Å². The van der Waals surface area contributed by atoms with E-state index in [1.807, 2.05) is 0 Å². The molecule has 0 saturated carbocycles. The van der Waals surface area contributed by atoms with E-state index in [1.54, 1.807) is 0 Å². The Bertz CT molecular complexity index is 527. The fourth-order valence-electron chi connectivity index (χ4n) is 1.79. The molecule has 0 amide bonds. The van der Waals surface area contributed by atoms with Gasteiger partial charge in [0.05, 0.1) is 15.6 Å². The zero-order valence-electron chi connectivity index (χ0n) is 9.73. The average molecular weight is 291 g/mol. The van der Waals surface area contributed by atoms with Crippen molar-refractivity contribution in [2.45, 2.75) is 23.8 Å². The minimum atomic E-state index is -3.54. The Hall–Kier alpha value is -0.820. The summed E-state index contributed by atoms with van der Waals surface area (Å²) in [5.74, 6) is 0. The number of anilines is 1. The Morgan fingerprint density at radius 2 is 2.00 bits per heavy atom. The van der Waals surface area contributed by atoms with E-state index in [0.29, 0.717) is 31.1 Å². The first-order chi connectivity index (χ1) is 8.49. The second-order valence-electron chi connectivity index (χ2n) is 4.19. The number of ether oxygens (including phenoxy) is 1. The van der Waals surface area contributed by atoms with Crippen LogP contribution in [0.4, 0.5) is 5.69 Å². The molecule has 0 bridgehead atoms. The molecule has 3 N–H and O–H groups in total. The molecular formula is C11H15ClN2O3S. The molecule has 5 nitrogen and oxygen atoms in total. The highest BCUT2D eigenvalue weighted by Gasteiger charge is 2.22. The molecule has 100 valence electrons. The van der Waals surface area contributed by atoms with Gasteiger partial charge in [0.1, 0.15) is 0 Å². The Morgan fingerprint density at radius 1 is 1.33 bits per heavy atom. The van der Waals surface area contributed by atoms with Crippen LogP contribution in [-0.2, 0) is 14.8 Å². The molecular weight excluding hydrogens is 276 g/mol. The summed E-state index contributed by atoms with van der Waals surface area (Å²) in [5.41, 5.74) is 5.86. The van der Waals surface area contributed by atoms with Gasteiger partial charge in [0, 0.05) is 19.3 Å². The van der Waals surface area contributed by atoms with Gasteiger partial charge in [-0.05, 0) is 31.0 Å². The number of nitrogen functional groups attached to an aromatic ring is 1. The van der Waals surface area contributed by atoms with Gasteiger partial charge < -0.3 is 10.5 Å². The summed E-state index contributed by atoms with van der Waals surface area (Å²) in [6.45, 7) is 1.16. The number of benzene rings is 1. The third-order valence-corrected chi connectivity index (χ3v) is 4.68. The summed E-state index contributed by atoms with van der Waals surface area (Å²) in [5, 5.41) is 0.347. The predicted molar refractivity (Wildman–Crippen MR) is 70.0 cm³/mol. The van der Waals surface area contributed by atoms with Gasteiger partial charge in [-0.25, -0.2) is 13.1 Å². The summed E-state index contributed by atoms with van der Waals surface area (Å²) in [4.78, 5) is 0.135. The lowest BCUT2D eigenvalue weighted by Crippen LogP contribution is -2.38. The van der Waals surface area contributed by atoms with E-state index < -0.39 is 10.0 Å². The van der Waals surface area contributed by atoms with Crippen LogP contribution in [0.15, 0.2) is 23.1 Å². The van der Waals surface area contributed by atoms with E-state index in [-0.39, 0.29) is 16.6 Å². The van der Waals surface area contributed by atoms with Crippen molar-refractivity contribution in [2.24, 2.45) is 0 Å². The third kappa shape index (κ3) is 3.14. The average Bonchev–Trinajstić information content (AvgIpc) is 2.33. The van der Waals surface area contributed by atoms with Gasteiger partial charge in [0.25, 0.3) is 0 Å². The topological polar surface area (TPSA) is 81.4 Å². The number of nitrogens with one attached hydrogen (secondary N) is 1. The molecule has 1 aliphatic heterocycles. The highest BCUT2D eigenvalue weighted by atomic mass is 35.5. The Balaban J connectivity index is 2.16. The van der Waals surface area contributed by atoms with E-state index in [2.05, 4.69) is 4.72 Å². The molecule has 0 spiro atoms. The SMILES string of the molecule is Nc1cc(S(=O)(=O)NC2CCOCC2)ccc1Cl. The molecule has 0 aliphatic carbocycles. The molecule has 0 atom stereocenters. The van der Waals surface area contributed by atoms with Crippen LogP contribution in [-0.4, -0.2) is 27.7 Å². The van der Waals surface area contributed by atoms with E-state index in [0.717, 1.165) is 0 Å². The zero-order chi connectivity index (χ0) is 13.2. The molecule has 18 heavy (non-hydrogen) atoms. The van der Waals surface area contributed by atoms with Crippen molar-refractivity contribution in [3.8, 4) is 0 Å². The highest BCUT2D eigenvalue weighted by molar-refractivity contribution is 7.89. The summed E-state index contributed by atoms with van der Waals surface area (Å²) >= 11 is 5.77. The van der Waals surface area contributed by atoms with Gasteiger partial charge in [-0.1, -0.05) is 11.6 Å². The monoisotopic (exact) mass is 290 g/mol. The maximum Gasteiger partial charge on any atom is 0.240 e. The number of rotatable bonds is 3. The number of hydrogen-bond donors (Lipinski definition) is 2. The Morgan fingerprint density at radius 3 is 2.61 bits per heavy atom. The van der Waals surface area contributed by atoms with Crippen LogP contribution in [0.5, 0.6) is 0 Å². The molecule has 1 aromatic rings. The first kappa shape index (κ1) is 13.6. The number of hydrogen-bond acceptors (Lipinski definition) is 4. The maximum absolute atomic E-state index is 12.1. The molecule has 1 aliphatic rings. The van der Waals surface area contributed by atoms with Crippen LogP contribution in [0.2, 0.25) is 5.02 Å². The van der Waals surface area contributed by atoms with Crippen molar-refractivity contribution in [2.75, 3.05) is 18.9 Å². The normalized spacial score (nSPS) is 17.8. The summed E-state index contributed by atoms with van der Waals surface area (Å²) in [7, 11) is -3.54. The first-order valence-electron chi connectivity index (χ1n) is 5.64. The van der Waals surface area contributed by atoms with Crippen LogP contribution >= 0.6 is 11.6 Å². The van der Waals surface area contributed by atoms with Crippen LogP contribution in [0.25, 0.3) is 0 Å². The Kier molecular flexibility index (Phi) is 4.11. The molecule has 0 unspecified atom stereocenters. The lowest BCUT2D eigenvalue weighted by atomic mass is 10.1. The van der Waals surface area contributed by atoms with Gasteiger partial charge in [0.2, 0.25) is 10.0 Å². The molecule has 1 heterocycles. The summed E-state index contributed by atoms with van der Waals surface area (Å²) in [6, 6.07) is 4.21. The lowest BCUT2D eigenvalue weighted by molar-refractivity contribution is 0.0832. The van der Waals surface area contributed by atoms with Crippen LogP contribution in [0, 0.1) is 0 Å². The third-order valence-electron chi connectivity index (χ3n) is 2.82. The number of halogens is 1. The maximum atomic E-state index is 12.1. The minimum absolute atomic E-state index is 0.0827. The van der Waals surface area contributed by atoms with Gasteiger partial charge in [0.15, 0.2) is 0 Å². The van der Waals surface area contributed by atoms with Crippen LogP contribution in [0.3, 0.4) is 0 Å². The number of sulfonamides is 1. The molecule has 1 saturated heterocycles. The fraction of sp³-hybridized carbons (Fsp3) is 0.455. The second-order valence-corrected chi connectivity index (χ2v) is 6.31. The van der Waals surface area contributed by atoms with Gasteiger partial charge in [-0.3, -0.25) is 0 Å². The summed E-state index contributed by atoms with van der Waals surface area (Å²) in [6.07, 6.45) is 1.37. The minimum Gasteiger partial charge on any atom is -0.397 e. The second kappa shape index (κ2) is 5.44. The van der Waals surface area contributed by atoms with E-state index >= 15 is 0 Å². The number of nitrogens with two attached hydrogens (primary N) is 1. The van der Waals surface area contributed by atoms with Gasteiger partial charge in [-0.15, -0.1) is 0 Å². The van der Waals surface area contributed by atoms with E-state index in [9.17, 15) is 8.42 Å². The van der Waals surface area contributed by atoms with Crippen LogP contribution in [0.1, 0.15) is 12.8 Å². The molecule has 0 radical (unpaired) electrons. The molecule has 2 rings (SSSR count). The van der Waals surface area contributed by atoms with Gasteiger partial charge >= 0.3 is 0 Å².